The van der Waals surface area contributed by atoms with Gasteiger partial charge in [-0.2, -0.15) is 0 Å². The number of rotatable bonds is 0. The highest BCUT2D eigenvalue weighted by Crippen LogP contribution is 2.35. The second-order valence-electron chi connectivity index (χ2n) is 5.29. The average Bonchev–Trinajstić information content (AvgIpc) is 2.51. The van der Waals surface area contributed by atoms with Gasteiger partial charge in [0.15, 0.2) is 11.6 Å². The lowest BCUT2D eigenvalue weighted by molar-refractivity contribution is 0.0802. The minimum atomic E-state index is -0.332. The van der Waals surface area contributed by atoms with E-state index < -0.39 is 0 Å². The number of ketones is 2. The molecular formula is C18H13ClO2. The zero-order valence-corrected chi connectivity index (χ0v) is 12.0. The number of allylic oxidation sites excluding steroid dienone is 4. The van der Waals surface area contributed by atoms with Gasteiger partial charge in [0.1, 0.15) is 0 Å². The summed E-state index contributed by atoms with van der Waals surface area (Å²) in [5, 5.41) is 2.00. The molecule has 0 saturated carbocycles. The van der Waals surface area contributed by atoms with Crippen molar-refractivity contribution in [2.45, 2.75) is 0 Å². The van der Waals surface area contributed by atoms with E-state index in [0.717, 1.165) is 10.8 Å². The number of carbonyl (C=O) groups excluding carboxylic acids is 2. The Morgan fingerprint density at radius 2 is 1.14 bits per heavy atom. The summed E-state index contributed by atoms with van der Waals surface area (Å²) in [6, 6.07) is 11.5. The summed E-state index contributed by atoms with van der Waals surface area (Å²) in [4.78, 5) is 25.2. The van der Waals surface area contributed by atoms with Gasteiger partial charge >= 0.3 is 0 Å². The zero-order chi connectivity index (χ0) is 13.7. The molecule has 104 valence electrons. The fraction of sp³-hybridized carbons (Fsp3) is 0.111. The molecule has 0 heterocycles. The van der Waals surface area contributed by atoms with Crippen molar-refractivity contribution in [2.75, 3.05) is 0 Å². The fourth-order valence-electron chi connectivity index (χ4n) is 3.12. The maximum atomic E-state index is 12.6. The summed E-state index contributed by atoms with van der Waals surface area (Å²) >= 11 is 0. The van der Waals surface area contributed by atoms with Gasteiger partial charge in [-0.25, -0.2) is 0 Å². The van der Waals surface area contributed by atoms with Crippen LogP contribution in [0.15, 0.2) is 60.7 Å². The summed E-state index contributed by atoms with van der Waals surface area (Å²) in [6.07, 6.45) is 7.36. The fourth-order valence-corrected chi connectivity index (χ4v) is 3.12. The van der Waals surface area contributed by atoms with Gasteiger partial charge in [0, 0.05) is 11.1 Å². The highest BCUT2D eigenvalue weighted by molar-refractivity contribution is 6.19. The van der Waals surface area contributed by atoms with Crippen LogP contribution in [0.2, 0.25) is 0 Å². The number of carbonyl (C=O) groups is 2. The Hall–Kier alpha value is -2.19. The summed E-state index contributed by atoms with van der Waals surface area (Å²) in [5.41, 5.74) is 1.13. The van der Waals surface area contributed by atoms with Crippen molar-refractivity contribution in [3.05, 3.63) is 71.8 Å². The summed E-state index contributed by atoms with van der Waals surface area (Å²) < 4.78 is 0. The Kier molecular flexibility index (Phi) is 3.26. The predicted molar refractivity (Wildman–Crippen MR) is 85.1 cm³/mol. The standard InChI is InChI=1S/C18H12O2.ClH/c19-17-13-7-3-4-8-14(13)18(20)16-10-12-6-2-1-5-11(12)9-15(16)17;/h1-10,13-14H;1H. The molecule has 0 radical (unpaired) electrons. The number of Topliss-reactive ketones (excluding diaryl/α,β-unsaturated/α-hetero) is 2. The number of hydrogen-bond acceptors (Lipinski definition) is 2. The van der Waals surface area contributed by atoms with Gasteiger partial charge in [-0.05, 0) is 22.9 Å². The third-order valence-electron chi connectivity index (χ3n) is 4.16. The van der Waals surface area contributed by atoms with Gasteiger partial charge in [0.2, 0.25) is 0 Å². The average molecular weight is 297 g/mol. The molecule has 4 rings (SSSR count). The number of fused-ring (bicyclic) bond motifs is 3. The molecule has 2 unspecified atom stereocenters. The molecule has 0 aliphatic heterocycles. The number of halogens is 1. The molecule has 0 fully saturated rings. The van der Waals surface area contributed by atoms with Crippen molar-refractivity contribution in [3.8, 4) is 0 Å². The molecule has 21 heavy (non-hydrogen) atoms. The minimum absolute atomic E-state index is 0. The number of benzene rings is 2. The van der Waals surface area contributed by atoms with E-state index in [-0.39, 0.29) is 35.8 Å². The molecule has 2 aromatic rings. The molecule has 2 atom stereocenters. The van der Waals surface area contributed by atoms with Crippen LogP contribution in [0, 0.1) is 11.8 Å². The van der Waals surface area contributed by atoms with Gasteiger partial charge in [-0.15, -0.1) is 12.4 Å². The van der Waals surface area contributed by atoms with Crippen molar-refractivity contribution in [3.63, 3.8) is 0 Å². The highest BCUT2D eigenvalue weighted by Gasteiger charge is 2.39. The SMILES string of the molecule is Cl.O=C1c2cc3ccccc3cc2C(=O)C2C=CC=CC12. The van der Waals surface area contributed by atoms with Crippen LogP contribution < -0.4 is 0 Å². The lowest BCUT2D eigenvalue weighted by atomic mass is 9.72. The first-order valence-electron chi connectivity index (χ1n) is 6.72. The Bertz CT molecular complexity index is 749. The van der Waals surface area contributed by atoms with E-state index in [0.29, 0.717) is 11.1 Å². The van der Waals surface area contributed by atoms with E-state index in [1.165, 1.54) is 0 Å². The molecule has 3 heteroatoms. The minimum Gasteiger partial charge on any atom is -0.293 e. The largest absolute Gasteiger partial charge is 0.293 e. The topological polar surface area (TPSA) is 34.1 Å². The molecule has 0 aromatic heterocycles. The van der Waals surface area contributed by atoms with Crippen molar-refractivity contribution >= 4 is 34.7 Å². The summed E-state index contributed by atoms with van der Waals surface area (Å²) in [6.45, 7) is 0. The Balaban J connectivity index is 0.00000132. The van der Waals surface area contributed by atoms with Crippen LogP contribution >= 0.6 is 12.4 Å². The van der Waals surface area contributed by atoms with E-state index in [1.54, 1.807) is 0 Å². The van der Waals surface area contributed by atoms with Crippen molar-refractivity contribution in [2.24, 2.45) is 11.8 Å². The van der Waals surface area contributed by atoms with E-state index >= 15 is 0 Å². The van der Waals surface area contributed by atoms with Gasteiger partial charge in [-0.3, -0.25) is 9.59 Å². The van der Waals surface area contributed by atoms with Crippen LogP contribution in [-0.2, 0) is 0 Å². The molecule has 2 nitrogen and oxygen atoms in total. The molecule has 0 amide bonds. The van der Waals surface area contributed by atoms with Crippen LogP contribution in [0.3, 0.4) is 0 Å². The second kappa shape index (κ2) is 4.97. The van der Waals surface area contributed by atoms with Crippen LogP contribution in [0.4, 0.5) is 0 Å². The Labute approximate surface area is 128 Å². The van der Waals surface area contributed by atoms with Gasteiger partial charge in [0.25, 0.3) is 0 Å². The number of hydrogen-bond donors (Lipinski definition) is 0. The van der Waals surface area contributed by atoms with Gasteiger partial charge in [0.05, 0.1) is 11.8 Å². The van der Waals surface area contributed by atoms with Crippen LogP contribution in [0.1, 0.15) is 20.7 Å². The molecule has 0 bridgehead atoms. The van der Waals surface area contributed by atoms with E-state index in [9.17, 15) is 9.59 Å². The maximum Gasteiger partial charge on any atom is 0.171 e. The second-order valence-corrected chi connectivity index (χ2v) is 5.29. The Morgan fingerprint density at radius 1 is 0.714 bits per heavy atom. The van der Waals surface area contributed by atoms with Gasteiger partial charge < -0.3 is 0 Å². The Morgan fingerprint density at radius 3 is 1.57 bits per heavy atom. The first-order chi connectivity index (χ1) is 9.75. The molecular weight excluding hydrogens is 284 g/mol. The van der Waals surface area contributed by atoms with Crippen LogP contribution in [-0.4, -0.2) is 11.6 Å². The van der Waals surface area contributed by atoms with Crippen LogP contribution in [0.5, 0.6) is 0 Å². The molecule has 0 spiro atoms. The molecule has 2 aliphatic rings. The normalized spacial score (nSPS) is 22.7. The molecule has 0 N–H and O–H groups in total. The summed E-state index contributed by atoms with van der Waals surface area (Å²) in [5.74, 6) is -0.561. The lowest BCUT2D eigenvalue weighted by Gasteiger charge is -2.28. The van der Waals surface area contributed by atoms with Crippen molar-refractivity contribution in [1.82, 2.24) is 0 Å². The highest BCUT2D eigenvalue weighted by atomic mass is 35.5. The van der Waals surface area contributed by atoms with Crippen molar-refractivity contribution < 1.29 is 9.59 Å². The molecule has 2 aromatic carbocycles. The molecule has 2 aliphatic carbocycles. The maximum absolute atomic E-state index is 12.6. The first-order valence-corrected chi connectivity index (χ1v) is 6.72. The molecule has 0 saturated heterocycles. The van der Waals surface area contributed by atoms with Crippen LogP contribution in [0.25, 0.3) is 10.8 Å². The lowest BCUT2D eigenvalue weighted by Crippen LogP contribution is -2.35. The van der Waals surface area contributed by atoms with Crippen molar-refractivity contribution in [1.29, 1.82) is 0 Å². The summed E-state index contributed by atoms with van der Waals surface area (Å²) in [7, 11) is 0. The quantitative estimate of drug-likeness (QED) is 0.736. The third-order valence-corrected chi connectivity index (χ3v) is 4.16. The van der Waals surface area contributed by atoms with E-state index in [2.05, 4.69) is 0 Å². The smallest absolute Gasteiger partial charge is 0.171 e. The monoisotopic (exact) mass is 296 g/mol. The van der Waals surface area contributed by atoms with E-state index in [1.807, 2.05) is 60.7 Å². The first kappa shape index (κ1) is 13.8. The van der Waals surface area contributed by atoms with E-state index in [4.69, 9.17) is 0 Å². The zero-order valence-electron chi connectivity index (χ0n) is 11.2. The van der Waals surface area contributed by atoms with Gasteiger partial charge in [-0.1, -0.05) is 48.6 Å². The predicted octanol–water partition coefficient (Wildman–Crippen LogP) is 4.00. The third kappa shape index (κ3) is 1.95.